The fourth-order valence-corrected chi connectivity index (χ4v) is 2.98. The summed E-state index contributed by atoms with van der Waals surface area (Å²) in [5.41, 5.74) is 1.82. The predicted molar refractivity (Wildman–Crippen MR) is 96.5 cm³/mol. The molecule has 2 aromatic heterocycles. The van der Waals surface area contributed by atoms with Gasteiger partial charge in [-0.3, -0.25) is 9.69 Å². The highest BCUT2D eigenvalue weighted by atomic mass is 16.5. The lowest BCUT2D eigenvalue weighted by Gasteiger charge is -2.25. The smallest absolute Gasteiger partial charge is 0.254 e. The summed E-state index contributed by atoms with van der Waals surface area (Å²) in [4.78, 5) is 18.9. The lowest BCUT2D eigenvalue weighted by Crippen LogP contribution is -2.35. The van der Waals surface area contributed by atoms with Gasteiger partial charge in [-0.2, -0.15) is 0 Å². The van der Waals surface area contributed by atoms with Crippen molar-refractivity contribution < 1.29 is 23.1 Å². The molecular weight excluding hydrogens is 350 g/mol. The third-order valence-corrected chi connectivity index (χ3v) is 4.44. The minimum absolute atomic E-state index is 0.194. The highest BCUT2D eigenvalue weighted by Crippen LogP contribution is 2.21. The summed E-state index contributed by atoms with van der Waals surface area (Å²) >= 11 is 0. The van der Waals surface area contributed by atoms with Crippen LogP contribution in [-0.4, -0.2) is 49.2 Å². The van der Waals surface area contributed by atoms with Crippen molar-refractivity contribution in [2.45, 2.75) is 13.1 Å². The molecule has 8 heteroatoms. The van der Waals surface area contributed by atoms with Crippen molar-refractivity contribution in [3.05, 3.63) is 47.7 Å². The van der Waals surface area contributed by atoms with Crippen LogP contribution < -0.4 is 10.1 Å². The fourth-order valence-electron chi connectivity index (χ4n) is 2.98. The molecule has 0 atom stereocenters. The topological polar surface area (TPSA) is 90.0 Å². The molecule has 1 aromatic carbocycles. The molecule has 0 aliphatic carbocycles. The van der Waals surface area contributed by atoms with Crippen LogP contribution in [0, 0.1) is 0 Å². The van der Waals surface area contributed by atoms with Gasteiger partial charge in [0, 0.05) is 19.2 Å². The minimum Gasteiger partial charge on any atom is -0.497 e. The second-order valence-corrected chi connectivity index (χ2v) is 6.31. The van der Waals surface area contributed by atoms with E-state index in [1.807, 2.05) is 0 Å². The molecule has 1 aliphatic rings. The van der Waals surface area contributed by atoms with Gasteiger partial charge in [0.05, 0.1) is 39.0 Å². The first-order valence-corrected chi connectivity index (χ1v) is 8.80. The number of nitrogens with zero attached hydrogens (tertiary/aromatic N) is 2. The zero-order chi connectivity index (χ0) is 18.6. The van der Waals surface area contributed by atoms with Gasteiger partial charge in [-0.1, -0.05) is 0 Å². The summed E-state index contributed by atoms with van der Waals surface area (Å²) in [6.45, 7) is 4.05. The molecule has 1 saturated heterocycles. The van der Waals surface area contributed by atoms with Crippen LogP contribution in [0.15, 0.2) is 39.4 Å². The predicted octanol–water partition coefficient (Wildman–Crippen LogP) is 2.19. The number of hydrogen-bond acceptors (Lipinski definition) is 7. The number of benzene rings is 1. The molecule has 1 aliphatic heterocycles. The van der Waals surface area contributed by atoms with E-state index < -0.39 is 0 Å². The van der Waals surface area contributed by atoms with Gasteiger partial charge in [0.1, 0.15) is 23.3 Å². The number of ether oxygens (including phenoxy) is 2. The minimum atomic E-state index is -0.230. The molecule has 142 valence electrons. The second kappa shape index (κ2) is 7.81. The molecule has 0 bridgehead atoms. The van der Waals surface area contributed by atoms with Crippen LogP contribution in [-0.2, 0) is 17.8 Å². The molecule has 1 N–H and O–H groups in total. The number of aromatic nitrogens is 1. The Morgan fingerprint density at radius 3 is 2.96 bits per heavy atom. The summed E-state index contributed by atoms with van der Waals surface area (Å²) in [6, 6.07) is 7.15. The van der Waals surface area contributed by atoms with Gasteiger partial charge in [0.25, 0.3) is 5.91 Å². The summed E-state index contributed by atoms with van der Waals surface area (Å²) < 4.78 is 21.7. The molecule has 3 aromatic rings. The second-order valence-electron chi connectivity index (χ2n) is 6.31. The van der Waals surface area contributed by atoms with Crippen molar-refractivity contribution >= 4 is 17.0 Å². The number of carbonyl (C=O) groups is 1. The number of oxazole rings is 1. The van der Waals surface area contributed by atoms with E-state index in [-0.39, 0.29) is 12.5 Å². The maximum Gasteiger partial charge on any atom is 0.254 e. The number of nitrogens with one attached hydrogen (secondary N) is 1. The van der Waals surface area contributed by atoms with E-state index in [2.05, 4.69) is 15.2 Å². The van der Waals surface area contributed by atoms with Crippen molar-refractivity contribution in [2.24, 2.45) is 0 Å². The Morgan fingerprint density at radius 1 is 1.30 bits per heavy atom. The Hall–Kier alpha value is -2.84. The molecule has 1 amide bonds. The zero-order valence-electron chi connectivity index (χ0n) is 15.1. The maximum absolute atomic E-state index is 12.3. The highest BCUT2D eigenvalue weighted by Gasteiger charge is 2.16. The van der Waals surface area contributed by atoms with E-state index in [4.69, 9.17) is 18.3 Å². The molecular formula is C19H21N3O5. The first-order valence-electron chi connectivity index (χ1n) is 8.80. The Bertz CT molecular complexity index is 926. The molecule has 4 rings (SSSR count). The lowest BCUT2D eigenvalue weighted by molar-refractivity contribution is 0.0313. The molecule has 3 heterocycles. The molecule has 0 spiro atoms. The highest BCUT2D eigenvalue weighted by molar-refractivity contribution is 5.93. The van der Waals surface area contributed by atoms with Crippen LogP contribution in [0.5, 0.6) is 5.75 Å². The molecule has 27 heavy (non-hydrogen) atoms. The zero-order valence-corrected chi connectivity index (χ0v) is 15.1. The van der Waals surface area contributed by atoms with E-state index in [1.54, 1.807) is 31.4 Å². The number of morpholine rings is 1. The van der Waals surface area contributed by atoms with Crippen molar-refractivity contribution in [2.75, 3.05) is 33.4 Å². The largest absolute Gasteiger partial charge is 0.497 e. The molecule has 0 unspecified atom stereocenters. The average Bonchev–Trinajstić information content (AvgIpc) is 3.33. The van der Waals surface area contributed by atoms with Gasteiger partial charge >= 0.3 is 0 Å². The lowest BCUT2D eigenvalue weighted by atomic mass is 10.2. The Morgan fingerprint density at radius 2 is 2.15 bits per heavy atom. The molecule has 1 fully saturated rings. The van der Waals surface area contributed by atoms with Gasteiger partial charge in [0.2, 0.25) is 5.89 Å². The summed E-state index contributed by atoms with van der Waals surface area (Å²) in [6.07, 6.45) is 1.47. The molecule has 8 nitrogen and oxygen atoms in total. The standard InChI is InChI=1S/C19H21N3O5/c1-24-14-2-3-17-16(9-14)21-18(27-17)10-20-19(23)13-8-15(26-12-13)11-22-4-6-25-7-5-22/h2-3,8-9,12H,4-7,10-11H2,1H3,(H,20,23). The summed E-state index contributed by atoms with van der Waals surface area (Å²) in [5.74, 6) is 1.67. The first-order chi connectivity index (χ1) is 13.2. The van der Waals surface area contributed by atoms with Crippen LogP contribution in [0.3, 0.4) is 0 Å². The molecule has 0 radical (unpaired) electrons. The van der Waals surface area contributed by atoms with E-state index in [0.717, 1.165) is 32.1 Å². The van der Waals surface area contributed by atoms with Crippen LogP contribution >= 0.6 is 0 Å². The Kier molecular flexibility index (Phi) is 5.08. The number of fused-ring (bicyclic) bond motifs is 1. The number of furan rings is 1. The summed E-state index contributed by atoms with van der Waals surface area (Å²) in [5, 5.41) is 2.80. The van der Waals surface area contributed by atoms with Crippen molar-refractivity contribution in [1.82, 2.24) is 15.2 Å². The number of amides is 1. The number of carbonyl (C=O) groups excluding carboxylic acids is 1. The number of hydrogen-bond donors (Lipinski definition) is 1. The van der Waals surface area contributed by atoms with Crippen LogP contribution in [0.25, 0.3) is 11.1 Å². The Labute approximate surface area is 156 Å². The van der Waals surface area contributed by atoms with Crippen molar-refractivity contribution in [3.8, 4) is 5.75 Å². The fraction of sp³-hybridized carbons (Fsp3) is 0.368. The first kappa shape index (κ1) is 17.6. The van der Waals surface area contributed by atoms with E-state index in [1.165, 1.54) is 6.26 Å². The van der Waals surface area contributed by atoms with Crippen molar-refractivity contribution in [3.63, 3.8) is 0 Å². The van der Waals surface area contributed by atoms with E-state index >= 15 is 0 Å². The number of rotatable bonds is 6. The van der Waals surface area contributed by atoms with Crippen LogP contribution in [0.1, 0.15) is 22.0 Å². The van der Waals surface area contributed by atoms with Gasteiger partial charge in [-0.15, -0.1) is 0 Å². The van der Waals surface area contributed by atoms with E-state index in [0.29, 0.717) is 34.8 Å². The van der Waals surface area contributed by atoms with Gasteiger partial charge in [-0.25, -0.2) is 4.98 Å². The SMILES string of the molecule is COc1ccc2oc(CNC(=O)c3coc(CN4CCOCC4)c3)nc2c1. The Balaban J connectivity index is 1.35. The maximum atomic E-state index is 12.3. The average molecular weight is 371 g/mol. The van der Waals surface area contributed by atoms with E-state index in [9.17, 15) is 4.79 Å². The summed E-state index contributed by atoms with van der Waals surface area (Å²) in [7, 11) is 1.60. The quantitative estimate of drug-likeness (QED) is 0.710. The van der Waals surface area contributed by atoms with Gasteiger partial charge < -0.3 is 23.6 Å². The van der Waals surface area contributed by atoms with Crippen LogP contribution in [0.2, 0.25) is 0 Å². The third kappa shape index (κ3) is 4.12. The van der Waals surface area contributed by atoms with Gasteiger partial charge in [-0.05, 0) is 18.2 Å². The number of methoxy groups -OCH3 is 1. The van der Waals surface area contributed by atoms with Gasteiger partial charge in [0.15, 0.2) is 5.58 Å². The molecule has 0 saturated carbocycles. The third-order valence-electron chi connectivity index (χ3n) is 4.44. The normalized spacial score (nSPS) is 15.1. The van der Waals surface area contributed by atoms with Crippen LogP contribution in [0.4, 0.5) is 0 Å². The van der Waals surface area contributed by atoms with Crippen molar-refractivity contribution in [1.29, 1.82) is 0 Å². The monoisotopic (exact) mass is 371 g/mol.